The number of hydrogen-bond donors (Lipinski definition) is 0. The number of alkyl halides is 7. The van der Waals surface area contributed by atoms with Gasteiger partial charge in [-0.05, 0) is 71.2 Å². The van der Waals surface area contributed by atoms with Crippen LogP contribution in [0.3, 0.4) is 0 Å². The van der Waals surface area contributed by atoms with E-state index in [0.29, 0.717) is 18.4 Å². The highest BCUT2D eigenvalue weighted by atomic mass is 19.4. The first-order valence-electron chi connectivity index (χ1n) is 11.2. The molecule has 1 atom stereocenters. The van der Waals surface area contributed by atoms with E-state index >= 15 is 0 Å². The van der Waals surface area contributed by atoms with Gasteiger partial charge in [0.2, 0.25) is 0 Å². The van der Waals surface area contributed by atoms with Gasteiger partial charge in [0.05, 0.1) is 6.67 Å². The molecular weight excluding hydrogens is 473 g/mol. The number of aryl methyl sites for hydroxylation is 2. The van der Waals surface area contributed by atoms with Crippen LogP contribution in [-0.4, -0.2) is 25.1 Å². The highest BCUT2D eigenvalue weighted by Gasteiger charge is 2.59. The van der Waals surface area contributed by atoms with Gasteiger partial charge in [-0.3, -0.25) is 4.39 Å². The lowest BCUT2D eigenvalue weighted by Crippen LogP contribution is -2.45. The van der Waals surface area contributed by atoms with Crippen molar-refractivity contribution in [2.24, 2.45) is 0 Å². The van der Waals surface area contributed by atoms with Crippen molar-refractivity contribution in [3.8, 4) is 28.0 Å². The van der Waals surface area contributed by atoms with Crippen molar-refractivity contribution < 1.29 is 35.5 Å². The number of halogens is 7. The van der Waals surface area contributed by atoms with Gasteiger partial charge in [-0.1, -0.05) is 61.5 Å². The molecule has 1 unspecified atom stereocenters. The molecule has 0 fully saturated rings. The predicted octanol–water partition coefficient (Wildman–Crippen LogP) is 8.75. The van der Waals surface area contributed by atoms with Gasteiger partial charge in [0.25, 0.3) is 6.17 Å². The van der Waals surface area contributed by atoms with Crippen LogP contribution in [0.5, 0.6) is 5.75 Å². The highest BCUT2D eigenvalue weighted by Crippen LogP contribution is 2.37. The van der Waals surface area contributed by atoms with Crippen LogP contribution in [0.1, 0.15) is 30.9 Å². The van der Waals surface area contributed by atoms with E-state index in [1.54, 1.807) is 0 Å². The van der Waals surface area contributed by atoms with Crippen LogP contribution in [0.15, 0.2) is 66.7 Å². The lowest BCUT2D eigenvalue weighted by atomic mass is 9.93. The van der Waals surface area contributed by atoms with Crippen LogP contribution in [0, 0.1) is 0 Å². The molecule has 0 saturated carbocycles. The Balaban J connectivity index is 1.77. The summed E-state index contributed by atoms with van der Waals surface area (Å²) < 4.78 is 93.3. The molecule has 0 saturated heterocycles. The van der Waals surface area contributed by atoms with Crippen LogP contribution in [-0.2, 0) is 12.8 Å². The number of hydrogen-bond acceptors (Lipinski definition) is 1. The Bertz CT molecular complexity index is 1090. The maximum absolute atomic E-state index is 13.5. The number of rotatable bonds is 10. The van der Waals surface area contributed by atoms with Crippen molar-refractivity contribution >= 4 is 0 Å². The molecule has 188 valence electrons. The average molecular weight is 498 g/mol. The first-order valence-corrected chi connectivity index (χ1v) is 11.2. The third-order valence-electron chi connectivity index (χ3n) is 5.62. The fourth-order valence-electron chi connectivity index (χ4n) is 3.74. The summed E-state index contributed by atoms with van der Waals surface area (Å²) >= 11 is 0. The molecule has 0 bridgehead atoms. The van der Waals surface area contributed by atoms with Gasteiger partial charge in [-0.15, -0.1) is 0 Å². The second-order valence-electron chi connectivity index (χ2n) is 8.16. The summed E-state index contributed by atoms with van der Waals surface area (Å²) in [5.74, 6) is -0.577. The molecule has 3 aromatic carbocycles. The zero-order valence-corrected chi connectivity index (χ0v) is 19.0. The Kier molecular flexibility index (Phi) is 8.46. The van der Waals surface area contributed by atoms with Gasteiger partial charge in [0.15, 0.2) is 0 Å². The van der Waals surface area contributed by atoms with Crippen LogP contribution < -0.4 is 4.74 Å². The minimum atomic E-state index is -5.74. The summed E-state index contributed by atoms with van der Waals surface area (Å²) in [4.78, 5) is 0. The zero-order valence-electron chi connectivity index (χ0n) is 19.0. The second kappa shape index (κ2) is 11.1. The topological polar surface area (TPSA) is 9.23 Å². The van der Waals surface area contributed by atoms with Crippen LogP contribution >= 0.6 is 0 Å². The van der Waals surface area contributed by atoms with Crippen molar-refractivity contribution in [2.75, 3.05) is 6.67 Å². The monoisotopic (exact) mass is 498 g/mol. The normalized spacial score (nSPS) is 13.0. The summed E-state index contributed by atoms with van der Waals surface area (Å²) in [6.07, 6.45) is -12.4. The van der Waals surface area contributed by atoms with Gasteiger partial charge in [-0.25, -0.2) is 4.39 Å². The largest absolute Gasteiger partial charge is 0.439 e. The van der Waals surface area contributed by atoms with Gasteiger partial charge in [-0.2, -0.15) is 22.0 Å². The van der Waals surface area contributed by atoms with Crippen LogP contribution in [0.2, 0.25) is 0 Å². The Labute approximate surface area is 199 Å². The summed E-state index contributed by atoms with van der Waals surface area (Å²) in [6, 6.07) is 18.9. The predicted molar refractivity (Wildman–Crippen MR) is 122 cm³/mol. The molecule has 0 spiro atoms. The average Bonchev–Trinajstić information content (AvgIpc) is 2.83. The second-order valence-corrected chi connectivity index (χ2v) is 8.16. The smallest absolute Gasteiger partial charge is 0.430 e. The van der Waals surface area contributed by atoms with Gasteiger partial charge < -0.3 is 4.74 Å². The van der Waals surface area contributed by atoms with E-state index in [-0.39, 0.29) is 6.67 Å². The number of unbranched alkanes of at least 4 members (excludes halogenated alkanes) is 1. The molecule has 0 aliphatic carbocycles. The summed E-state index contributed by atoms with van der Waals surface area (Å²) in [7, 11) is 0. The van der Waals surface area contributed by atoms with E-state index in [0.717, 1.165) is 52.8 Å². The van der Waals surface area contributed by atoms with E-state index in [1.807, 2.05) is 49.4 Å². The minimum Gasteiger partial charge on any atom is -0.430 e. The highest BCUT2D eigenvalue weighted by molar-refractivity contribution is 5.74. The fraction of sp³-hybridized carbons (Fsp3) is 0.333. The summed E-state index contributed by atoms with van der Waals surface area (Å²) in [6.45, 7) is 1.65. The maximum Gasteiger partial charge on any atom is 0.439 e. The minimum absolute atomic E-state index is 0.317. The Morgan fingerprint density at radius 2 is 1.37 bits per heavy atom. The molecule has 0 amide bonds. The molecule has 1 nitrogen and oxygen atoms in total. The first kappa shape index (κ1) is 26.6. The SMILES string of the molecule is CCc1cc(-c2ccc(CCCCF)cc2)ccc1-c1ccc(OC(F)(F)C(F)C(F)(F)F)cc1. The molecule has 3 aromatic rings. The quantitative estimate of drug-likeness (QED) is 0.201. The van der Waals surface area contributed by atoms with E-state index in [9.17, 15) is 30.7 Å². The number of benzene rings is 3. The molecule has 0 aliphatic rings. The summed E-state index contributed by atoms with van der Waals surface area (Å²) in [5.41, 5.74) is 5.60. The molecule has 0 aliphatic heterocycles. The lowest BCUT2D eigenvalue weighted by Gasteiger charge is -2.23. The Morgan fingerprint density at radius 1 is 0.771 bits per heavy atom. The molecule has 3 rings (SSSR count). The van der Waals surface area contributed by atoms with Gasteiger partial charge in [0, 0.05) is 0 Å². The van der Waals surface area contributed by atoms with E-state index in [4.69, 9.17) is 0 Å². The van der Waals surface area contributed by atoms with E-state index < -0.39 is 24.2 Å². The zero-order chi connectivity index (χ0) is 25.6. The molecule has 0 heterocycles. The molecule has 0 N–H and O–H groups in total. The third-order valence-corrected chi connectivity index (χ3v) is 5.62. The maximum atomic E-state index is 13.5. The standard InChI is InChI=1S/C27H25F7O/c1-2-19-17-22(20-8-6-18(7-9-20)5-3-4-16-28)12-15-24(19)21-10-13-23(14-11-21)35-27(33,34)25(29)26(30,31)32/h6-15,17,25H,2-5,16H2,1H3. The number of ether oxygens (including phenoxy) is 1. The van der Waals surface area contributed by atoms with Gasteiger partial charge >= 0.3 is 12.3 Å². The molecule has 35 heavy (non-hydrogen) atoms. The van der Waals surface area contributed by atoms with Crippen molar-refractivity contribution in [1.29, 1.82) is 0 Å². The molecule has 8 heteroatoms. The van der Waals surface area contributed by atoms with Gasteiger partial charge in [0.1, 0.15) is 5.75 Å². The fourth-order valence-corrected chi connectivity index (χ4v) is 3.74. The Morgan fingerprint density at radius 3 is 1.94 bits per heavy atom. The van der Waals surface area contributed by atoms with Crippen molar-refractivity contribution in [1.82, 2.24) is 0 Å². The van der Waals surface area contributed by atoms with Crippen LogP contribution in [0.4, 0.5) is 30.7 Å². The lowest BCUT2D eigenvalue weighted by molar-refractivity contribution is -0.304. The molecular formula is C27H25F7O. The molecule has 0 aromatic heterocycles. The van der Waals surface area contributed by atoms with E-state index in [2.05, 4.69) is 4.74 Å². The Hall–Kier alpha value is -3.03. The van der Waals surface area contributed by atoms with Crippen LogP contribution in [0.25, 0.3) is 22.3 Å². The van der Waals surface area contributed by atoms with Crippen molar-refractivity contribution in [3.63, 3.8) is 0 Å². The third kappa shape index (κ3) is 6.77. The summed E-state index contributed by atoms with van der Waals surface area (Å²) in [5, 5.41) is 0. The molecule has 0 radical (unpaired) electrons. The van der Waals surface area contributed by atoms with Crippen molar-refractivity contribution in [2.45, 2.75) is 51.1 Å². The van der Waals surface area contributed by atoms with E-state index in [1.165, 1.54) is 12.1 Å². The first-order chi connectivity index (χ1) is 16.5. The van der Waals surface area contributed by atoms with Crippen molar-refractivity contribution in [3.05, 3.63) is 77.9 Å².